The van der Waals surface area contributed by atoms with Gasteiger partial charge in [0.2, 0.25) is 21.8 Å². The van der Waals surface area contributed by atoms with Gasteiger partial charge < -0.3 is 29.7 Å². The van der Waals surface area contributed by atoms with E-state index in [0.717, 1.165) is 30.0 Å². The molecule has 2 saturated heterocycles. The predicted molar refractivity (Wildman–Crippen MR) is 202 cm³/mol. The molecule has 14 nitrogen and oxygen atoms in total. The van der Waals surface area contributed by atoms with Crippen LogP contribution in [0.4, 0.5) is 9.18 Å². The minimum atomic E-state index is -3.79. The van der Waals surface area contributed by atoms with Gasteiger partial charge in [0.25, 0.3) is 5.91 Å². The van der Waals surface area contributed by atoms with Gasteiger partial charge in [0.05, 0.1) is 43.8 Å². The zero-order chi connectivity index (χ0) is 39.6. The number of ether oxygens (including phenoxy) is 3. The van der Waals surface area contributed by atoms with Crippen LogP contribution in [0.15, 0.2) is 30.4 Å². The number of benzene rings is 1. The molecule has 16 heteroatoms. The summed E-state index contributed by atoms with van der Waals surface area (Å²) in [6, 6.07) is 3.02. The number of halogens is 1. The van der Waals surface area contributed by atoms with Gasteiger partial charge in [-0.05, 0) is 62.6 Å². The first-order chi connectivity index (χ1) is 26.7. The Bertz CT molecular complexity index is 2090. The number of alkyl halides is 1. The third-order valence-corrected chi connectivity index (χ3v) is 13.8. The topological polar surface area (TPSA) is 174 Å². The monoisotopic (exact) mass is 795 g/mol. The second-order valence-corrected chi connectivity index (χ2v) is 18.8. The van der Waals surface area contributed by atoms with E-state index in [4.69, 9.17) is 19.2 Å². The molecule has 56 heavy (non-hydrogen) atoms. The van der Waals surface area contributed by atoms with Crippen molar-refractivity contribution in [3.63, 3.8) is 0 Å². The number of nitrogens with zero attached hydrogens (tertiary/aromatic N) is 3. The number of nitrogens with one attached hydrogen (secondary N) is 2. The van der Waals surface area contributed by atoms with Gasteiger partial charge in [-0.1, -0.05) is 38.8 Å². The summed E-state index contributed by atoms with van der Waals surface area (Å²) in [5.74, 6) is -1.56. The second kappa shape index (κ2) is 14.5. The molecule has 4 aliphatic heterocycles. The number of alkyl carbamates (subject to hydrolysis) is 1. The van der Waals surface area contributed by atoms with Gasteiger partial charge in [-0.15, -0.1) is 0 Å². The zero-order valence-corrected chi connectivity index (χ0v) is 32.9. The molecule has 0 radical (unpaired) electrons. The van der Waals surface area contributed by atoms with Crippen LogP contribution in [0, 0.1) is 11.8 Å². The van der Waals surface area contributed by atoms with Gasteiger partial charge in [-0.3, -0.25) is 14.4 Å². The molecule has 2 saturated carbocycles. The second-order valence-electron chi connectivity index (χ2n) is 16.8. The van der Waals surface area contributed by atoms with Crippen LogP contribution in [0.2, 0.25) is 0 Å². The van der Waals surface area contributed by atoms with E-state index in [0.29, 0.717) is 46.5 Å². The van der Waals surface area contributed by atoms with Gasteiger partial charge in [-0.2, -0.15) is 0 Å². The molecule has 8 rings (SSSR count). The summed E-state index contributed by atoms with van der Waals surface area (Å²) >= 11 is 0. The molecule has 4 fully saturated rings. The zero-order valence-electron chi connectivity index (χ0n) is 32.1. The molecule has 0 bridgehead atoms. The van der Waals surface area contributed by atoms with Crippen molar-refractivity contribution >= 4 is 44.7 Å². The van der Waals surface area contributed by atoms with Crippen molar-refractivity contribution in [2.24, 2.45) is 11.8 Å². The van der Waals surface area contributed by atoms with Gasteiger partial charge in [0.15, 0.2) is 0 Å². The molecule has 6 atom stereocenters. The van der Waals surface area contributed by atoms with Crippen molar-refractivity contribution < 1.29 is 46.2 Å². The summed E-state index contributed by atoms with van der Waals surface area (Å²) in [5.41, 5.74) is -1.26. The van der Waals surface area contributed by atoms with E-state index in [1.54, 1.807) is 18.2 Å². The van der Waals surface area contributed by atoms with Crippen LogP contribution >= 0.6 is 0 Å². The van der Waals surface area contributed by atoms with Crippen LogP contribution in [-0.4, -0.2) is 102 Å². The van der Waals surface area contributed by atoms with E-state index >= 15 is 4.39 Å². The predicted octanol–water partition coefficient (Wildman–Crippen LogP) is 4.57. The van der Waals surface area contributed by atoms with Crippen molar-refractivity contribution in [2.45, 2.75) is 113 Å². The summed E-state index contributed by atoms with van der Waals surface area (Å²) in [7, 11) is -2.25. The number of methoxy groups -OCH3 is 1. The van der Waals surface area contributed by atoms with Crippen molar-refractivity contribution in [1.82, 2.24) is 24.8 Å². The molecule has 4 amide bonds. The van der Waals surface area contributed by atoms with E-state index < -0.39 is 69.2 Å². The first-order valence-corrected chi connectivity index (χ1v) is 21.5. The van der Waals surface area contributed by atoms with Crippen LogP contribution in [0.5, 0.6) is 11.5 Å². The Balaban J connectivity index is 1.17. The SMILES string of the molecule is COc1ccc2nc(C3CC3)c3c(c2c1)C(F)CC1(CC2C(=O)NC4(C(=O)N5CCS5(=O)=O)CC4C=CCCCCCC(NC(=O)OCC(C)C)C(=O)N2C1)O3. The highest BCUT2D eigenvalue weighted by atomic mass is 32.2. The lowest BCUT2D eigenvalue weighted by Crippen LogP contribution is -2.62. The highest BCUT2D eigenvalue weighted by Crippen LogP contribution is 2.55. The number of hydrogen-bond donors (Lipinski definition) is 2. The van der Waals surface area contributed by atoms with Crippen LogP contribution in [0.1, 0.15) is 101 Å². The molecule has 5 heterocycles. The Labute approximate surface area is 325 Å². The molecule has 1 aromatic carbocycles. The summed E-state index contributed by atoms with van der Waals surface area (Å²) < 4.78 is 60.8. The Kier molecular flexibility index (Phi) is 9.93. The van der Waals surface area contributed by atoms with Crippen molar-refractivity contribution in [3.8, 4) is 11.5 Å². The lowest BCUT2D eigenvalue weighted by Gasteiger charge is -2.38. The standard InChI is InChI=1S/C40H50FN5O9S/c1-23(2)21-54-38(50)43-30-10-8-6-4-5-7-9-25-18-40(25,37(49)46-15-16-56(46,51)52)44-35(47)31-20-39(22-45(31)36(30)48)19-28(41)32-27-17-26(53-3)13-14-29(27)42-33(24-11-12-24)34(32)55-39/h7,9,13-14,17,23-25,28,30-31H,4-6,8,10-12,15-16,18-22H2,1-3H3,(H,43,50)(H,44,47). The number of fused-ring (bicyclic) bond motifs is 5. The highest BCUT2D eigenvalue weighted by molar-refractivity contribution is 7.90. The number of hydrogen-bond acceptors (Lipinski definition) is 10. The van der Waals surface area contributed by atoms with Crippen molar-refractivity contribution in [1.29, 1.82) is 0 Å². The van der Waals surface area contributed by atoms with Gasteiger partial charge >= 0.3 is 6.09 Å². The number of sulfonamides is 1. The maximum Gasteiger partial charge on any atom is 0.407 e. The number of carbonyl (C=O) groups is 4. The number of rotatable bonds is 6. The normalized spacial score (nSPS) is 31.2. The Morgan fingerprint density at radius 1 is 1.12 bits per heavy atom. The largest absolute Gasteiger partial charge is 0.497 e. The smallest absolute Gasteiger partial charge is 0.407 e. The van der Waals surface area contributed by atoms with Crippen LogP contribution in [0.25, 0.3) is 10.9 Å². The summed E-state index contributed by atoms with van der Waals surface area (Å²) in [5, 5.41) is 6.21. The number of aromatic nitrogens is 1. The third kappa shape index (κ3) is 7.06. The molecule has 2 N–H and O–H groups in total. The van der Waals surface area contributed by atoms with Gasteiger partial charge in [0.1, 0.15) is 40.9 Å². The minimum absolute atomic E-state index is 0.0235. The maximum absolute atomic E-state index is 17.0. The molecule has 6 aliphatic rings. The Hall–Kier alpha value is -4.47. The molecule has 6 unspecified atom stereocenters. The number of carbonyl (C=O) groups excluding carboxylic acids is 4. The fourth-order valence-electron chi connectivity index (χ4n) is 8.75. The quantitative estimate of drug-likeness (QED) is 0.395. The molecular formula is C40H50FN5O9S. The minimum Gasteiger partial charge on any atom is -0.497 e. The van der Waals surface area contributed by atoms with Crippen molar-refractivity contribution in [3.05, 3.63) is 41.6 Å². The van der Waals surface area contributed by atoms with E-state index in [-0.39, 0.29) is 63.0 Å². The lowest BCUT2D eigenvalue weighted by molar-refractivity contribution is -0.142. The van der Waals surface area contributed by atoms with Gasteiger partial charge in [-0.25, -0.2) is 26.9 Å². The first kappa shape index (κ1) is 38.4. The Morgan fingerprint density at radius 3 is 2.62 bits per heavy atom. The third-order valence-electron chi connectivity index (χ3n) is 12.1. The lowest BCUT2D eigenvalue weighted by atomic mass is 9.85. The molecular weight excluding hydrogens is 746 g/mol. The van der Waals surface area contributed by atoms with Crippen LogP contribution in [0.3, 0.4) is 0 Å². The summed E-state index contributed by atoms with van der Waals surface area (Å²) in [6.45, 7) is 3.79. The Morgan fingerprint density at radius 2 is 1.93 bits per heavy atom. The molecule has 1 spiro atoms. The van der Waals surface area contributed by atoms with E-state index in [1.807, 2.05) is 26.0 Å². The highest BCUT2D eigenvalue weighted by Gasteiger charge is 2.65. The average Bonchev–Trinajstić information content (AvgIpc) is 4.08. The van der Waals surface area contributed by atoms with E-state index in [2.05, 4.69) is 10.6 Å². The van der Waals surface area contributed by atoms with Crippen LogP contribution < -0.4 is 20.1 Å². The molecule has 302 valence electrons. The fourth-order valence-corrected chi connectivity index (χ4v) is 9.83. The summed E-state index contributed by atoms with van der Waals surface area (Å²) in [6.07, 6.45) is 6.18. The maximum atomic E-state index is 17.0. The van der Waals surface area contributed by atoms with E-state index in [1.165, 1.54) is 12.0 Å². The fraction of sp³-hybridized carbons (Fsp3) is 0.625. The van der Waals surface area contributed by atoms with Crippen molar-refractivity contribution in [2.75, 3.05) is 32.6 Å². The molecule has 2 aliphatic carbocycles. The van der Waals surface area contributed by atoms with Gasteiger partial charge in [0, 0.05) is 35.6 Å². The average molecular weight is 796 g/mol. The molecule has 1 aromatic heterocycles. The first-order valence-electron chi connectivity index (χ1n) is 19.9. The number of pyridine rings is 1. The summed E-state index contributed by atoms with van der Waals surface area (Å²) in [4.78, 5) is 62.7. The molecule has 2 aromatic rings. The number of amides is 4. The van der Waals surface area contributed by atoms with E-state index in [9.17, 15) is 27.6 Å². The number of allylic oxidation sites excluding steroid dienone is 1. The van der Waals surface area contributed by atoms with Crippen LogP contribution in [-0.2, 0) is 29.1 Å².